The highest BCUT2D eigenvalue weighted by molar-refractivity contribution is 7.90. The van der Waals surface area contributed by atoms with Crippen molar-refractivity contribution in [1.29, 1.82) is 0 Å². The van der Waals surface area contributed by atoms with E-state index in [1.165, 1.54) is 6.26 Å². The molecule has 3 aromatic rings. The second kappa shape index (κ2) is 7.69. The second-order valence-electron chi connectivity index (χ2n) is 7.32. The Balaban J connectivity index is 1.96. The smallest absolute Gasteiger partial charge is 0.175 e. The minimum atomic E-state index is -3.21. The maximum atomic E-state index is 11.8. The third-order valence-corrected chi connectivity index (χ3v) is 5.63. The fourth-order valence-electron chi connectivity index (χ4n) is 3.10. The molecule has 0 atom stereocenters. The van der Waals surface area contributed by atoms with Gasteiger partial charge in [0.05, 0.1) is 10.6 Å². The summed E-state index contributed by atoms with van der Waals surface area (Å²) in [6, 6.07) is 15.2. The van der Waals surface area contributed by atoms with Crippen molar-refractivity contribution in [3.05, 3.63) is 66.2 Å². The molecule has 0 fully saturated rings. The molecule has 0 saturated carbocycles. The van der Waals surface area contributed by atoms with Gasteiger partial charge in [0.2, 0.25) is 0 Å². The van der Waals surface area contributed by atoms with Gasteiger partial charge in [0, 0.05) is 24.6 Å². The average Bonchev–Trinajstić information content (AvgIpc) is 3.03. The van der Waals surface area contributed by atoms with Crippen LogP contribution >= 0.6 is 0 Å². The molecule has 0 aliphatic carbocycles. The Morgan fingerprint density at radius 2 is 1.74 bits per heavy atom. The molecule has 0 bridgehead atoms. The van der Waals surface area contributed by atoms with E-state index in [2.05, 4.69) is 43.7 Å². The van der Waals surface area contributed by atoms with Gasteiger partial charge in [-0.25, -0.2) is 13.4 Å². The number of hydrogen-bond donors (Lipinski definition) is 0. The lowest BCUT2D eigenvalue weighted by atomic mass is 10.1. The number of aromatic nitrogens is 2. The lowest BCUT2D eigenvalue weighted by Gasteiger charge is -2.11. The van der Waals surface area contributed by atoms with E-state index in [1.807, 2.05) is 18.2 Å². The molecule has 0 N–H and O–H groups in total. The zero-order valence-corrected chi connectivity index (χ0v) is 17.1. The van der Waals surface area contributed by atoms with Gasteiger partial charge in [-0.2, -0.15) is 0 Å². The Morgan fingerprint density at radius 1 is 1.04 bits per heavy atom. The number of sulfone groups is 1. The number of hydrogen-bond acceptors (Lipinski definition) is 3. The molecule has 2 aromatic carbocycles. The highest BCUT2D eigenvalue weighted by Gasteiger charge is 2.12. The number of imidazole rings is 1. The summed E-state index contributed by atoms with van der Waals surface area (Å²) in [6.07, 6.45) is 5.18. The standard InChI is InChI=1S/C22H26N2O2S/c1-5-19-15-24(22(23-19)13-16(2)3)20-11-9-17(10-12-20)18-7-6-8-21(14-18)27(4,25)26/h6-12,14-16H,5,13H2,1-4H3. The Hall–Kier alpha value is -2.40. The van der Waals surface area contributed by atoms with E-state index in [9.17, 15) is 8.42 Å². The molecule has 142 valence electrons. The van der Waals surface area contributed by atoms with E-state index >= 15 is 0 Å². The summed E-state index contributed by atoms with van der Waals surface area (Å²) < 4.78 is 25.8. The van der Waals surface area contributed by atoms with E-state index in [0.29, 0.717) is 10.8 Å². The average molecular weight is 383 g/mol. The van der Waals surface area contributed by atoms with Crippen molar-refractivity contribution in [2.75, 3.05) is 6.26 Å². The summed E-state index contributed by atoms with van der Waals surface area (Å²) in [5, 5.41) is 0. The molecule has 5 heteroatoms. The molecular formula is C22H26N2O2S. The number of aryl methyl sites for hydroxylation is 1. The van der Waals surface area contributed by atoms with Crippen molar-refractivity contribution < 1.29 is 8.42 Å². The summed E-state index contributed by atoms with van der Waals surface area (Å²) in [5.74, 6) is 1.61. The Bertz CT molecular complexity index is 1030. The third-order valence-electron chi connectivity index (χ3n) is 4.52. The van der Waals surface area contributed by atoms with E-state index in [1.54, 1.807) is 18.2 Å². The van der Waals surface area contributed by atoms with Gasteiger partial charge in [0.25, 0.3) is 0 Å². The highest BCUT2D eigenvalue weighted by atomic mass is 32.2. The van der Waals surface area contributed by atoms with Crippen LogP contribution in [0.25, 0.3) is 16.8 Å². The van der Waals surface area contributed by atoms with Gasteiger partial charge in [0.1, 0.15) is 5.82 Å². The first-order valence-electron chi connectivity index (χ1n) is 9.26. The summed E-state index contributed by atoms with van der Waals surface area (Å²) in [6.45, 7) is 6.51. The van der Waals surface area contributed by atoms with Crippen LogP contribution in [0.2, 0.25) is 0 Å². The SMILES string of the molecule is CCc1cn(-c2ccc(-c3cccc(S(C)(=O)=O)c3)cc2)c(CC(C)C)n1. The van der Waals surface area contributed by atoms with Crippen molar-refractivity contribution in [2.45, 2.75) is 38.5 Å². The molecule has 3 rings (SSSR count). The predicted molar refractivity (Wildman–Crippen MR) is 110 cm³/mol. The third kappa shape index (κ3) is 4.48. The largest absolute Gasteiger partial charge is 0.303 e. The van der Waals surface area contributed by atoms with E-state index in [0.717, 1.165) is 41.2 Å². The maximum Gasteiger partial charge on any atom is 0.175 e. The fraction of sp³-hybridized carbons (Fsp3) is 0.318. The van der Waals surface area contributed by atoms with Crippen LogP contribution in [0.5, 0.6) is 0 Å². The van der Waals surface area contributed by atoms with Crippen molar-refractivity contribution in [1.82, 2.24) is 9.55 Å². The fourth-order valence-corrected chi connectivity index (χ4v) is 3.76. The van der Waals surface area contributed by atoms with Gasteiger partial charge in [-0.1, -0.05) is 45.0 Å². The zero-order valence-electron chi connectivity index (χ0n) is 16.3. The molecule has 1 aromatic heterocycles. The molecule has 0 spiro atoms. The van der Waals surface area contributed by atoms with E-state index in [-0.39, 0.29) is 0 Å². The zero-order chi connectivity index (χ0) is 19.6. The van der Waals surface area contributed by atoms with Crippen LogP contribution < -0.4 is 0 Å². The molecule has 27 heavy (non-hydrogen) atoms. The van der Waals surface area contributed by atoms with E-state index < -0.39 is 9.84 Å². The summed E-state index contributed by atoms with van der Waals surface area (Å²) in [4.78, 5) is 5.10. The van der Waals surface area contributed by atoms with Gasteiger partial charge in [-0.05, 0) is 47.7 Å². The van der Waals surface area contributed by atoms with Gasteiger partial charge < -0.3 is 4.57 Å². The molecule has 1 heterocycles. The quantitative estimate of drug-likeness (QED) is 0.621. The number of nitrogens with zero attached hydrogens (tertiary/aromatic N) is 2. The molecule has 0 unspecified atom stereocenters. The normalized spacial score (nSPS) is 11.9. The van der Waals surface area contributed by atoms with Crippen LogP contribution in [-0.4, -0.2) is 24.2 Å². The van der Waals surface area contributed by atoms with Crippen LogP contribution in [0.15, 0.2) is 59.6 Å². The van der Waals surface area contributed by atoms with E-state index in [4.69, 9.17) is 4.98 Å². The van der Waals surface area contributed by atoms with Gasteiger partial charge in [0.15, 0.2) is 9.84 Å². The van der Waals surface area contributed by atoms with Crippen LogP contribution in [-0.2, 0) is 22.7 Å². The van der Waals surface area contributed by atoms with Crippen molar-refractivity contribution in [3.8, 4) is 16.8 Å². The Kier molecular flexibility index (Phi) is 5.51. The van der Waals surface area contributed by atoms with Crippen molar-refractivity contribution >= 4 is 9.84 Å². The van der Waals surface area contributed by atoms with Crippen molar-refractivity contribution in [3.63, 3.8) is 0 Å². The molecule has 0 saturated heterocycles. The van der Waals surface area contributed by atoms with Crippen LogP contribution in [0.3, 0.4) is 0 Å². The minimum Gasteiger partial charge on any atom is -0.303 e. The first kappa shape index (κ1) is 19.4. The Morgan fingerprint density at radius 3 is 2.33 bits per heavy atom. The van der Waals surface area contributed by atoms with Gasteiger partial charge in [-0.15, -0.1) is 0 Å². The van der Waals surface area contributed by atoms with Crippen molar-refractivity contribution in [2.24, 2.45) is 5.92 Å². The lowest BCUT2D eigenvalue weighted by molar-refractivity contribution is 0.602. The topological polar surface area (TPSA) is 52.0 Å². The van der Waals surface area contributed by atoms with Crippen LogP contribution in [0, 0.1) is 5.92 Å². The summed E-state index contributed by atoms with van der Waals surface area (Å²) in [5.41, 5.74) is 4.05. The molecule has 0 amide bonds. The number of rotatable bonds is 6. The summed E-state index contributed by atoms with van der Waals surface area (Å²) in [7, 11) is -3.21. The summed E-state index contributed by atoms with van der Waals surface area (Å²) >= 11 is 0. The highest BCUT2D eigenvalue weighted by Crippen LogP contribution is 2.25. The predicted octanol–water partition coefficient (Wildman–Crippen LogP) is 4.70. The first-order valence-corrected chi connectivity index (χ1v) is 11.1. The first-order chi connectivity index (χ1) is 12.8. The van der Waals surface area contributed by atoms with Crippen LogP contribution in [0.4, 0.5) is 0 Å². The maximum absolute atomic E-state index is 11.8. The minimum absolute atomic E-state index is 0.338. The van der Waals surface area contributed by atoms with Gasteiger partial charge >= 0.3 is 0 Å². The number of benzene rings is 2. The molecular weight excluding hydrogens is 356 g/mol. The molecule has 0 aliphatic heterocycles. The Labute approximate surface area is 161 Å². The monoisotopic (exact) mass is 382 g/mol. The van der Waals surface area contributed by atoms with Gasteiger partial charge in [-0.3, -0.25) is 0 Å². The van der Waals surface area contributed by atoms with Crippen LogP contribution in [0.1, 0.15) is 32.3 Å². The second-order valence-corrected chi connectivity index (χ2v) is 9.33. The lowest BCUT2D eigenvalue weighted by Crippen LogP contribution is -2.04. The molecule has 0 radical (unpaired) electrons. The molecule has 0 aliphatic rings. The molecule has 4 nitrogen and oxygen atoms in total.